The highest BCUT2D eigenvalue weighted by Crippen LogP contribution is 2.18. The summed E-state index contributed by atoms with van der Waals surface area (Å²) in [7, 11) is 0. The maximum Gasteiger partial charge on any atom is 0.271 e. The summed E-state index contributed by atoms with van der Waals surface area (Å²) in [6.07, 6.45) is 1.53. The maximum atomic E-state index is 12.2. The van der Waals surface area contributed by atoms with Crippen molar-refractivity contribution < 1.29 is 14.3 Å². The molecule has 0 radical (unpaired) electrons. The first-order valence-electron chi connectivity index (χ1n) is 9.46. The number of nitriles is 1. The van der Waals surface area contributed by atoms with Gasteiger partial charge in [0.2, 0.25) is 0 Å². The Morgan fingerprint density at radius 1 is 0.967 bits per heavy atom. The number of hydrazone groups is 1. The van der Waals surface area contributed by atoms with E-state index in [2.05, 4.69) is 16.6 Å². The summed E-state index contributed by atoms with van der Waals surface area (Å²) in [5.41, 5.74) is 5.29. The summed E-state index contributed by atoms with van der Waals surface area (Å²) >= 11 is 0. The molecule has 0 fully saturated rings. The lowest BCUT2D eigenvalue weighted by Crippen LogP contribution is -2.17. The van der Waals surface area contributed by atoms with Crippen LogP contribution in [0.2, 0.25) is 0 Å². The number of hydrogen-bond donors (Lipinski definition) is 1. The molecule has 3 aromatic rings. The van der Waals surface area contributed by atoms with Crippen molar-refractivity contribution in [2.75, 3.05) is 6.61 Å². The average Bonchev–Trinajstić information content (AvgIpc) is 2.79. The van der Waals surface area contributed by atoms with Gasteiger partial charge < -0.3 is 9.47 Å². The van der Waals surface area contributed by atoms with Gasteiger partial charge >= 0.3 is 0 Å². The Morgan fingerprint density at radius 3 is 2.20 bits per heavy atom. The van der Waals surface area contributed by atoms with Gasteiger partial charge in [0.1, 0.15) is 18.1 Å². The van der Waals surface area contributed by atoms with Crippen molar-refractivity contribution in [3.05, 3.63) is 95.1 Å². The van der Waals surface area contributed by atoms with E-state index >= 15 is 0 Å². The Labute approximate surface area is 175 Å². The number of amides is 1. The minimum Gasteiger partial charge on any atom is -0.494 e. The highest BCUT2D eigenvalue weighted by atomic mass is 16.5. The molecule has 0 unspecified atom stereocenters. The number of nitrogens with one attached hydrogen (secondary N) is 1. The summed E-state index contributed by atoms with van der Waals surface area (Å²) in [5.74, 6) is 1.25. The first kappa shape index (κ1) is 20.6. The Balaban J connectivity index is 1.49. The first-order chi connectivity index (χ1) is 14.7. The van der Waals surface area contributed by atoms with E-state index in [1.807, 2.05) is 43.3 Å². The van der Waals surface area contributed by atoms with Crippen molar-refractivity contribution in [2.45, 2.75) is 13.5 Å². The van der Waals surface area contributed by atoms with Crippen molar-refractivity contribution in [2.24, 2.45) is 5.10 Å². The van der Waals surface area contributed by atoms with Crippen LogP contribution < -0.4 is 14.9 Å². The van der Waals surface area contributed by atoms with Gasteiger partial charge in [-0.25, -0.2) is 5.43 Å². The molecule has 0 atom stereocenters. The topological polar surface area (TPSA) is 83.7 Å². The van der Waals surface area contributed by atoms with Crippen LogP contribution in [0, 0.1) is 11.3 Å². The molecule has 0 bridgehead atoms. The molecule has 6 nitrogen and oxygen atoms in total. The Kier molecular flexibility index (Phi) is 7.17. The fourth-order valence-electron chi connectivity index (χ4n) is 2.59. The molecule has 6 heteroatoms. The predicted octanol–water partition coefficient (Wildman–Crippen LogP) is 4.30. The summed E-state index contributed by atoms with van der Waals surface area (Å²) in [5, 5.41) is 12.7. The molecule has 0 aromatic heterocycles. The van der Waals surface area contributed by atoms with Crippen LogP contribution in [0.3, 0.4) is 0 Å². The van der Waals surface area contributed by atoms with Crippen molar-refractivity contribution in [1.82, 2.24) is 5.43 Å². The van der Waals surface area contributed by atoms with Crippen molar-refractivity contribution in [3.63, 3.8) is 0 Å². The van der Waals surface area contributed by atoms with E-state index in [0.717, 1.165) is 22.6 Å². The van der Waals surface area contributed by atoms with Gasteiger partial charge in [0, 0.05) is 5.56 Å². The number of carbonyl (C=O) groups is 1. The smallest absolute Gasteiger partial charge is 0.271 e. The first-order valence-corrected chi connectivity index (χ1v) is 9.46. The van der Waals surface area contributed by atoms with E-state index in [1.54, 1.807) is 36.4 Å². The normalized spacial score (nSPS) is 10.4. The minimum atomic E-state index is -0.307. The van der Waals surface area contributed by atoms with E-state index in [1.165, 1.54) is 6.21 Å². The number of nitrogens with zero attached hydrogens (tertiary/aromatic N) is 2. The molecule has 3 rings (SSSR count). The summed E-state index contributed by atoms with van der Waals surface area (Å²) in [6.45, 7) is 2.96. The highest BCUT2D eigenvalue weighted by molar-refractivity contribution is 5.94. The number of benzene rings is 3. The summed E-state index contributed by atoms with van der Waals surface area (Å²) in [6, 6.07) is 23.5. The van der Waals surface area contributed by atoms with Crippen LogP contribution in [-0.4, -0.2) is 18.7 Å². The predicted molar refractivity (Wildman–Crippen MR) is 115 cm³/mol. The highest BCUT2D eigenvalue weighted by Gasteiger charge is 2.04. The summed E-state index contributed by atoms with van der Waals surface area (Å²) < 4.78 is 11.2. The SMILES string of the molecule is CCOc1ccc(OCc2ccc(C(=O)N/N=C\c3ccc(C#N)cc3)cc2)cc1. The van der Waals surface area contributed by atoms with Gasteiger partial charge in [-0.1, -0.05) is 24.3 Å². The van der Waals surface area contributed by atoms with Gasteiger partial charge in [-0.15, -0.1) is 0 Å². The van der Waals surface area contributed by atoms with Crippen LogP contribution in [0.15, 0.2) is 77.9 Å². The number of rotatable bonds is 8. The molecule has 1 N–H and O–H groups in total. The second-order valence-corrected chi connectivity index (χ2v) is 6.32. The lowest BCUT2D eigenvalue weighted by molar-refractivity contribution is 0.0955. The second kappa shape index (κ2) is 10.4. The third-order valence-electron chi connectivity index (χ3n) is 4.18. The molecular weight excluding hydrogens is 378 g/mol. The van der Waals surface area contributed by atoms with Gasteiger partial charge in [0.15, 0.2) is 0 Å². The monoisotopic (exact) mass is 399 g/mol. The Hall–Kier alpha value is -4.11. The zero-order chi connectivity index (χ0) is 21.2. The van der Waals surface area contributed by atoms with Crippen LogP contribution in [0.1, 0.15) is 34.0 Å². The molecular formula is C24H21N3O3. The van der Waals surface area contributed by atoms with Gasteiger partial charge in [0.05, 0.1) is 24.5 Å². The van der Waals surface area contributed by atoms with Gasteiger partial charge in [0.25, 0.3) is 5.91 Å². The fourth-order valence-corrected chi connectivity index (χ4v) is 2.59. The van der Waals surface area contributed by atoms with Gasteiger partial charge in [-0.05, 0) is 66.6 Å². The number of hydrogen-bond acceptors (Lipinski definition) is 5. The number of ether oxygens (including phenoxy) is 2. The van der Waals surface area contributed by atoms with E-state index < -0.39 is 0 Å². The standard InChI is InChI=1S/C24H21N3O3/c1-2-29-22-11-13-23(14-12-22)30-17-20-7-9-21(10-8-20)24(28)27-26-16-19-5-3-18(15-25)4-6-19/h3-14,16H,2,17H2,1H3,(H,27,28)/b26-16-. The van der Waals surface area contributed by atoms with Crippen LogP contribution in [0.5, 0.6) is 11.5 Å². The molecule has 0 aliphatic heterocycles. The van der Waals surface area contributed by atoms with Crippen LogP contribution in [-0.2, 0) is 6.61 Å². The van der Waals surface area contributed by atoms with Gasteiger partial charge in [-0.3, -0.25) is 4.79 Å². The second-order valence-electron chi connectivity index (χ2n) is 6.32. The molecule has 0 heterocycles. The van der Waals surface area contributed by atoms with Crippen molar-refractivity contribution in [3.8, 4) is 17.6 Å². The Bertz CT molecular complexity index is 1040. The van der Waals surface area contributed by atoms with Crippen LogP contribution in [0.4, 0.5) is 0 Å². The molecule has 0 aliphatic rings. The van der Waals surface area contributed by atoms with Crippen LogP contribution in [0.25, 0.3) is 0 Å². The summed E-state index contributed by atoms with van der Waals surface area (Å²) in [4.78, 5) is 12.2. The van der Waals surface area contributed by atoms with Gasteiger partial charge in [-0.2, -0.15) is 10.4 Å². The zero-order valence-electron chi connectivity index (χ0n) is 16.5. The lowest BCUT2D eigenvalue weighted by Gasteiger charge is -2.08. The third-order valence-corrected chi connectivity index (χ3v) is 4.18. The number of carbonyl (C=O) groups excluding carboxylic acids is 1. The van der Waals surface area contributed by atoms with Crippen LogP contribution >= 0.6 is 0 Å². The molecule has 0 aliphatic carbocycles. The van der Waals surface area contributed by atoms with E-state index in [9.17, 15) is 4.79 Å². The van der Waals surface area contributed by atoms with E-state index in [-0.39, 0.29) is 5.91 Å². The molecule has 0 saturated carbocycles. The average molecular weight is 399 g/mol. The molecule has 0 saturated heterocycles. The molecule has 150 valence electrons. The quantitative estimate of drug-likeness (QED) is 0.452. The maximum absolute atomic E-state index is 12.2. The minimum absolute atomic E-state index is 0.307. The van der Waals surface area contributed by atoms with E-state index in [4.69, 9.17) is 14.7 Å². The van der Waals surface area contributed by atoms with Crippen molar-refractivity contribution in [1.29, 1.82) is 5.26 Å². The molecule has 30 heavy (non-hydrogen) atoms. The largest absolute Gasteiger partial charge is 0.494 e. The lowest BCUT2D eigenvalue weighted by atomic mass is 10.1. The Morgan fingerprint density at radius 2 is 1.60 bits per heavy atom. The molecule has 0 spiro atoms. The fraction of sp³-hybridized carbons (Fsp3) is 0.125. The van der Waals surface area contributed by atoms with E-state index in [0.29, 0.717) is 24.3 Å². The zero-order valence-corrected chi connectivity index (χ0v) is 16.5. The molecule has 1 amide bonds. The third kappa shape index (κ3) is 5.94. The van der Waals surface area contributed by atoms with Crippen molar-refractivity contribution >= 4 is 12.1 Å². The molecule has 3 aromatic carbocycles.